The molecule has 0 atom stereocenters. The third-order valence-corrected chi connectivity index (χ3v) is 3.23. The number of anilines is 1. The first-order valence-corrected chi connectivity index (χ1v) is 7.77. The normalized spacial score (nSPS) is 10.3. The molecule has 0 unspecified atom stereocenters. The van der Waals surface area contributed by atoms with Crippen molar-refractivity contribution in [2.24, 2.45) is 0 Å². The third kappa shape index (κ3) is 6.53. The molecule has 0 saturated carbocycles. The Bertz CT molecular complexity index is 640. The fourth-order valence-corrected chi connectivity index (χ4v) is 2.14. The molecular weight excluding hydrogens is 290 g/mol. The average molecular weight is 313 g/mol. The van der Waals surface area contributed by atoms with Gasteiger partial charge in [-0.05, 0) is 49.2 Å². The minimum Gasteiger partial charge on any atom is -0.493 e. The number of hydrogen-bond acceptors (Lipinski definition) is 3. The van der Waals surface area contributed by atoms with Crippen molar-refractivity contribution in [2.75, 3.05) is 25.1 Å². The largest absolute Gasteiger partial charge is 0.493 e. The van der Waals surface area contributed by atoms with Crippen LogP contribution in [-0.2, 0) is 9.53 Å². The van der Waals surface area contributed by atoms with E-state index >= 15 is 0 Å². The van der Waals surface area contributed by atoms with Crippen LogP contribution in [0.3, 0.4) is 0 Å². The van der Waals surface area contributed by atoms with E-state index < -0.39 is 0 Å². The molecule has 2 aromatic carbocycles. The van der Waals surface area contributed by atoms with Crippen molar-refractivity contribution in [3.8, 4) is 5.75 Å². The highest BCUT2D eigenvalue weighted by Gasteiger charge is 2.02. The first kappa shape index (κ1) is 17.0. The van der Waals surface area contributed by atoms with Crippen LogP contribution in [0.4, 0.5) is 5.69 Å². The molecule has 122 valence electrons. The van der Waals surface area contributed by atoms with E-state index in [1.807, 2.05) is 62.4 Å². The second-order valence-corrected chi connectivity index (χ2v) is 5.49. The predicted molar refractivity (Wildman–Crippen MR) is 91.9 cm³/mol. The van der Waals surface area contributed by atoms with E-state index in [4.69, 9.17) is 9.47 Å². The molecule has 0 bridgehead atoms. The standard InChI is InChI=1S/C19H23NO3/c1-15-6-3-8-17(12-15)20-19(21)14-22-10-5-11-23-18-9-4-7-16(2)13-18/h3-4,6-9,12-13H,5,10-11,14H2,1-2H3,(H,20,21). The Hall–Kier alpha value is -2.33. The molecule has 2 rings (SSSR count). The molecule has 4 nitrogen and oxygen atoms in total. The molecule has 0 aliphatic heterocycles. The molecule has 0 aliphatic rings. The van der Waals surface area contributed by atoms with Crippen LogP contribution in [0.1, 0.15) is 17.5 Å². The first-order valence-electron chi connectivity index (χ1n) is 7.77. The number of carbonyl (C=O) groups excluding carboxylic acids is 1. The van der Waals surface area contributed by atoms with Crippen LogP contribution in [0.5, 0.6) is 5.75 Å². The summed E-state index contributed by atoms with van der Waals surface area (Å²) in [6, 6.07) is 15.6. The quantitative estimate of drug-likeness (QED) is 0.755. The topological polar surface area (TPSA) is 47.6 Å². The molecule has 0 heterocycles. The van der Waals surface area contributed by atoms with Crippen molar-refractivity contribution >= 4 is 11.6 Å². The Morgan fingerprint density at radius 1 is 1.00 bits per heavy atom. The highest BCUT2D eigenvalue weighted by molar-refractivity contribution is 5.91. The van der Waals surface area contributed by atoms with E-state index in [1.165, 1.54) is 5.56 Å². The highest BCUT2D eigenvalue weighted by Crippen LogP contribution is 2.12. The van der Waals surface area contributed by atoms with Crippen LogP contribution in [0, 0.1) is 13.8 Å². The van der Waals surface area contributed by atoms with Gasteiger partial charge in [0.25, 0.3) is 0 Å². The lowest BCUT2D eigenvalue weighted by atomic mass is 10.2. The van der Waals surface area contributed by atoms with Gasteiger partial charge in [0.2, 0.25) is 5.91 Å². The van der Waals surface area contributed by atoms with E-state index in [9.17, 15) is 4.79 Å². The van der Waals surface area contributed by atoms with E-state index in [-0.39, 0.29) is 12.5 Å². The van der Waals surface area contributed by atoms with Crippen molar-refractivity contribution in [1.29, 1.82) is 0 Å². The fraction of sp³-hybridized carbons (Fsp3) is 0.316. The minimum atomic E-state index is -0.143. The van der Waals surface area contributed by atoms with Crippen LogP contribution < -0.4 is 10.1 Å². The number of rotatable bonds is 8. The molecule has 0 spiro atoms. The predicted octanol–water partition coefficient (Wildman–Crippen LogP) is 3.73. The van der Waals surface area contributed by atoms with Crippen molar-refractivity contribution in [2.45, 2.75) is 20.3 Å². The zero-order chi connectivity index (χ0) is 16.5. The summed E-state index contributed by atoms with van der Waals surface area (Å²) in [5, 5.41) is 2.81. The minimum absolute atomic E-state index is 0.0540. The van der Waals surface area contributed by atoms with Crippen molar-refractivity contribution < 1.29 is 14.3 Å². The SMILES string of the molecule is Cc1cccc(NC(=O)COCCCOc2cccc(C)c2)c1. The summed E-state index contributed by atoms with van der Waals surface area (Å²) in [5.74, 6) is 0.720. The third-order valence-electron chi connectivity index (χ3n) is 3.23. The van der Waals surface area contributed by atoms with Crippen LogP contribution in [-0.4, -0.2) is 25.7 Å². The lowest BCUT2D eigenvalue weighted by Crippen LogP contribution is -2.19. The lowest BCUT2D eigenvalue weighted by Gasteiger charge is -2.08. The Labute approximate surface area is 137 Å². The summed E-state index contributed by atoms with van der Waals surface area (Å²) in [5.41, 5.74) is 3.07. The maximum atomic E-state index is 11.7. The maximum Gasteiger partial charge on any atom is 0.250 e. The van der Waals surface area contributed by atoms with Gasteiger partial charge in [-0.15, -0.1) is 0 Å². The maximum absolute atomic E-state index is 11.7. The smallest absolute Gasteiger partial charge is 0.250 e. The van der Waals surface area contributed by atoms with Gasteiger partial charge in [-0.2, -0.15) is 0 Å². The number of amides is 1. The van der Waals surface area contributed by atoms with Gasteiger partial charge in [0, 0.05) is 12.1 Å². The van der Waals surface area contributed by atoms with Gasteiger partial charge in [0.05, 0.1) is 13.2 Å². The van der Waals surface area contributed by atoms with Gasteiger partial charge in [-0.3, -0.25) is 4.79 Å². The summed E-state index contributed by atoms with van der Waals surface area (Å²) in [6.07, 6.45) is 0.742. The fourth-order valence-electron chi connectivity index (χ4n) is 2.14. The van der Waals surface area contributed by atoms with Crippen LogP contribution in [0.25, 0.3) is 0 Å². The second kappa shape index (κ2) is 8.96. The Balaban J connectivity index is 1.57. The molecule has 4 heteroatoms. The van der Waals surface area contributed by atoms with Crippen molar-refractivity contribution in [3.05, 3.63) is 59.7 Å². The molecule has 0 radical (unpaired) electrons. The molecule has 23 heavy (non-hydrogen) atoms. The summed E-state index contributed by atoms with van der Waals surface area (Å²) in [7, 11) is 0. The van der Waals surface area contributed by atoms with Gasteiger partial charge in [-0.25, -0.2) is 0 Å². The van der Waals surface area contributed by atoms with Gasteiger partial charge in [0.15, 0.2) is 0 Å². The van der Waals surface area contributed by atoms with E-state index in [1.54, 1.807) is 0 Å². The second-order valence-electron chi connectivity index (χ2n) is 5.49. The zero-order valence-electron chi connectivity index (χ0n) is 13.7. The van der Waals surface area contributed by atoms with Crippen LogP contribution >= 0.6 is 0 Å². The Morgan fingerprint density at radius 3 is 2.48 bits per heavy atom. The van der Waals surface area contributed by atoms with Crippen molar-refractivity contribution in [3.63, 3.8) is 0 Å². The molecule has 0 aromatic heterocycles. The molecule has 2 aromatic rings. The first-order chi connectivity index (χ1) is 11.1. The van der Waals surface area contributed by atoms with Crippen LogP contribution in [0.15, 0.2) is 48.5 Å². The average Bonchev–Trinajstić information content (AvgIpc) is 2.51. The molecule has 0 aliphatic carbocycles. The number of ether oxygens (including phenoxy) is 2. The van der Waals surface area contributed by atoms with Crippen LogP contribution in [0.2, 0.25) is 0 Å². The number of aryl methyl sites for hydroxylation is 2. The highest BCUT2D eigenvalue weighted by atomic mass is 16.5. The summed E-state index contributed by atoms with van der Waals surface area (Å²) in [6.45, 7) is 5.14. The molecular formula is C19H23NO3. The summed E-state index contributed by atoms with van der Waals surface area (Å²) >= 11 is 0. The van der Waals surface area contributed by atoms with Crippen molar-refractivity contribution in [1.82, 2.24) is 0 Å². The Kier molecular flexibility index (Phi) is 6.63. The number of carbonyl (C=O) groups is 1. The van der Waals surface area contributed by atoms with E-state index in [0.717, 1.165) is 23.4 Å². The zero-order valence-corrected chi connectivity index (χ0v) is 13.7. The van der Waals surface area contributed by atoms with Gasteiger partial charge in [-0.1, -0.05) is 24.3 Å². The monoisotopic (exact) mass is 313 g/mol. The number of benzene rings is 2. The molecule has 1 N–H and O–H groups in total. The molecule has 0 saturated heterocycles. The molecule has 0 fully saturated rings. The van der Waals surface area contributed by atoms with Gasteiger partial charge < -0.3 is 14.8 Å². The number of nitrogens with one attached hydrogen (secondary N) is 1. The van der Waals surface area contributed by atoms with E-state index in [0.29, 0.717) is 13.2 Å². The lowest BCUT2D eigenvalue weighted by molar-refractivity contribution is -0.120. The van der Waals surface area contributed by atoms with Gasteiger partial charge >= 0.3 is 0 Å². The summed E-state index contributed by atoms with van der Waals surface area (Å²) in [4.78, 5) is 11.7. The number of hydrogen-bond donors (Lipinski definition) is 1. The van der Waals surface area contributed by atoms with E-state index in [2.05, 4.69) is 5.32 Å². The summed E-state index contributed by atoms with van der Waals surface area (Å²) < 4.78 is 11.0. The van der Waals surface area contributed by atoms with Gasteiger partial charge in [0.1, 0.15) is 12.4 Å². The molecule has 1 amide bonds. The Morgan fingerprint density at radius 2 is 1.74 bits per heavy atom.